The molecule has 2 atom stereocenters. The Kier molecular flexibility index (Phi) is 6.56. The van der Waals surface area contributed by atoms with E-state index in [9.17, 15) is 17.6 Å². The number of amides is 1. The second-order valence-corrected chi connectivity index (χ2v) is 7.83. The van der Waals surface area contributed by atoms with Gasteiger partial charge in [-0.1, -0.05) is 32.9 Å². The van der Waals surface area contributed by atoms with E-state index in [1.54, 1.807) is 6.92 Å². The molecule has 1 aromatic rings. The van der Waals surface area contributed by atoms with Crippen molar-refractivity contribution in [3.8, 4) is 0 Å². The SMILES string of the molecule is CCC(C(=O)NC(C)C(C)C)N(c1ccccc1F)S(C)(=O)=O. The molecule has 23 heavy (non-hydrogen) atoms. The molecule has 1 rings (SSSR count). The van der Waals surface area contributed by atoms with Crippen LogP contribution < -0.4 is 9.62 Å². The number of rotatable bonds is 7. The Hall–Kier alpha value is -1.63. The van der Waals surface area contributed by atoms with E-state index < -0.39 is 27.8 Å². The Bertz CT molecular complexity index is 646. The van der Waals surface area contributed by atoms with Crippen molar-refractivity contribution in [2.75, 3.05) is 10.6 Å². The number of para-hydroxylation sites is 1. The summed E-state index contributed by atoms with van der Waals surface area (Å²) in [4.78, 5) is 12.5. The van der Waals surface area contributed by atoms with Crippen LogP contribution in [0.2, 0.25) is 0 Å². The van der Waals surface area contributed by atoms with Crippen LogP contribution in [0.3, 0.4) is 0 Å². The first kappa shape index (κ1) is 19.4. The van der Waals surface area contributed by atoms with Crippen molar-refractivity contribution in [2.45, 2.75) is 46.2 Å². The van der Waals surface area contributed by atoms with Crippen molar-refractivity contribution in [2.24, 2.45) is 5.92 Å². The molecule has 0 aliphatic carbocycles. The molecule has 0 aromatic heterocycles. The molecule has 0 heterocycles. The predicted octanol–water partition coefficient (Wildman–Crippen LogP) is 2.53. The molecular weight excluding hydrogens is 319 g/mol. The van der Waals surface area contributed by atoms with Crippen molar-refractivity contribution < 1.29 is 17.6 Å². The van der Waals surface area contributed by atoms with Gasteiger partial charge in [0.25, 0.3) is 0 Å². The van der Waals surface area contributed by atoms with E-state index in [1.165, 1.54) is 24.3 Å². The average Bonchev–Trinajstić information content (AvgIpc) is 2.44. The summed E-state index contributed by atoms with van der Waals surface area (Å²) in [7, 11) is -3.82. The van der Waals surface area contributed by atoms with E-state index in [2.05, 4.69) is 5.32 Å². The van der Waals surface area contributed by atoms with Gasteiger partial charge in [0, 0.05) is 6.04 Å². The molecule has 1 N–H and O–H groups in total. The molecule has 0 spiro atoms. The lowest BCUT2D eigenvalue weighted by molar-refractivity contribution is -0.123. The lowest BCUT2D eigenvalue weighted by atomic mass is 10.1. The summed E-state index contributed by atoms with van der Waals surface area (Å²) in [6.45, 7) is 7.46. The molecule has 0 saturated carbocycles. The van der Waals surface area contributed by atoms with E-state index in [-0.39, 0.29) is 24.1 Å². The maximum Gasteiger partial charge on any atom is 0.244 e. The fraction of sp³-hybridized carbons (Fsp3) is 0.562. The zero-order valence-corrected chi connectivity index (χ0v) is 15.0. The Balaban J connectivity index is 3.25. The molecule has 0 saturated heterocycles. The first-order valence-electron chi connectivity index (χ1n) is 7.63. The number of nitrogens with zero attached hydrogens (tertiary/aromatic N) is 1. The molecule has 1 amide bonds. The highest BCUT2D eigenvalue weighted by Crippen LogP contribution is 2.25. The van der Waals surface area contributed by atoms with Crippen LogP contribution in [-0.4, -0.2) is 32.7 Å². The topological polar surface area (TPSA) is 66.5 Å². The van der Waals surface area contributed by atoms with E-state index in [0.717, 1.165) is 10.6 Å². The van der Waals surface area contributed by atoms with Gasteiger partial charge in [0.05, 0.1) is 11.9 Å². The Labute approximate surface area is 137 Å². The number of carbonyl (C=O) groups excluding carboxylic acids is 1. The van der Waals surface area contributed by atoms with Crippen LogP contribution in [0.25, 0.3) is 0 Å². The third kappa shape index (κ3) is 4.92. The third-order valence-corrected chi connectivity index (χ3v) is 4.96. The Morgan fingerprint density at radius 1 is 1.26 bits per heavy atom. The summed E-state index contributed by atoms with van der Waals surface area (Å²) < 4.78 is 39.3. The van der Waals surface area contributed by atoms with Crippen LogP contribution >= 0.6 is 0 Å². The maximum absolute atomic E-state index is 14.1. The van der Waals surface area contributed by atoms with Gasteiger partial charge in [0.15, 0.2) is 0 Å². The summed E-state index contributed by atoms with van der Waals surface area (Å²) >= 11 is 0. The standard InChI is InChI=1S/C16H25FN2O3S/c1-6-14(16(20)18-12(4)11(2)3)19(23(5,21)22)15-10-8-7-9-13(15)17/h7-12,14H,6H2,1-5H3,(H,18,20). The quantitative estimate of drug-likeness (QED) is 0.826. The monoisotopic (exact) mass is 344 g/mol. The van der Waals surface area contributed by atoms with Crippen LogP contribution in [0.15, 0.2) is 24.3 Å². The number of benzene rings is 1. The lowest BCUT2D eigenvalue weighted by Crippen LogP contribution is -2.52. The summed E-state index contributed by atoms with van der Waals surface area (Å²) in [6, 6.07) is 4.44. The molecule has 2 unspecified atom stereocenters. The van der Waals surface area contributed by atoms with Crippen LogP contribution in [0.1, 0.15) is 34.1 Å². The summed E-state index contributed by atoms with van der Waals surface area (Å²) in [6.07, 6.45) is 1.21. The van der Waals surface area contributed by atoms with Gasteiger partial charge in [0.2, 0.25) is 15.9 Å². The van der Waals surface area contributed by atoms with Gasteiger partial charge >= 0.3 is 0 Å². The van der Waals surface area contributed by atoms with Gasteiger partial charge < -0.3 is 5.32 Å². The highest BCUT2D eigenvalue weighted by molar-refractivity contribution is 7.92. The summed E-state index contributed by atoms with van der Waals surface area (Å²) in [5.74, 6) is -0.903. The number of anilines is 1. The van der Waals surface area contributed by atoms with Crippen molar-refractivity contribution >= 4 is 21.6 Å². The molecule has 7 heteroatoms. The average molecular weight is 344 g/mol. The fourth-order valence-corrected chi connectivity index (χ4v) is 3.37. The molecule has 5 nitrogen and oxygen atoms in total. The smallest absolute Gasteiger partial charge is 0.244 e. The summed E-state index contributed by atoms with van der Waals surface area (Å²) in [5.41, 5.74) is -0.116. The van der Waals surface area contributed by atoms with Crippen LogP contribution in [0.4, 0.5) is 10.1 Å². The van der Waals surface area contributed by atoms with E-state index >= 15 is 0 Å². The molecule has 0 bridgehead atoms. The van der Waals surface area contributed by atoms with E-state index in [1.807, 2.05) is 20.8 Å². The van der Waals surface area contributed by atoms with Crippen molar-refractivity contribution in [1.82, 2.24) is 5.32 Å². The highest BCUT2D eigenvalue weighted by atomic mass is 32.2. The first-order chi connectivity index (χ1) is 10.6. The molecule has 1 aromatic carbocycles. The predicted molar refractivity (Wildman–Crippen MR) is 90.2 cm³/mol. The zero-order chi connectivity index (χ0) is 17.8. The van der Waals surface area contributed by atoms with Crippen LogP contribution in [-0.2, 0) is 14.8 Å². The second-order valence-electron chi connectivity index (χ2n) is 5.98. The number of halogens is 1. The second kappa shape index (κ2) is 7.77. The van der Waals surface area contributed by atoms with E-state index in [4.69, 9.17) is 0 Å². The number of hydrogen-bond acceptors (Lipinski definition) is 3. The minimum Gasteiger partial charge on any atom is -0.352 e. The number of hydrogen-bond donors (Lipinski definition) is 1. The van der Waals surface area contributed by atoms with Crippen molar-refractivity contribution in [3.63, 3.8) is 0 Å². The van der Waals surface area contributed by atoms with Gasteiger partial charge in [-0.25, -0.2) is 12.8 Å². The van der Waals surface area contributed by atoms with Gasteiger partial charge in [0.1, 0.15) is 11.9 Å². The van der Waals surface area contributed by atoms with Gasteiger partial charge in [-0.05, 0) is 31.4 Å². The molecule has 0 radical (unpaired) electrons. The minimum atomic E-state index is -3.82. The third-order valence-electron chi connectivity index (χ3n) is 3.79. The lowest BCUT2D eigenvalue weighted by Gasteiger charge is -2.31. The molecule has 0 fully saturated rings. The molecule has 0 aliphatic rings. The molecular formula is C16H25FN2O3S. The van der Waals surface area contributed by atoms with Crippen molar-refractivity contribution in [1.29, 1.82) is 0 Å². The number of sulfonamides is 1. The van der Waals surface area contributed by atoms with Crippen molar-refractivity contribution in [3.05, 3.63) is 30.1 Å². The first-order valence-corrected chi connectivity index (χ1v) is 9.48. The van der Waals surface area contributed by atoms with Crippen LogP contribution in [0.5, 0.6) is 0 Å². The van der Waals surface area contributed by atoms with E-state index in [0.29, 0.717) is 0 Å². The highest BCUT2D eigenvalue weighted by Gasteiger charge is 2.33. The summed E-state index contributed by atoms with van der Waals surface area (Å²) in [5, 5.41) is 2.80. The van der Waals surface area contributed by atoms with Crippen LogP contribution in [0, 0.1) is 11.7 Å². The number of carbonyl (C=O) groups is 1. The molecule has 130 valence electrons. The largest absolute Gasteiger partial charge is 0.352 e. The Morgan fingerprint density at radius 3 is 2.26 bits per heavy atom. The minimum absolute atomic E-state index is 0.112. The zero-order valence-electron chi connectivity index (χ0n) is 14.2. The van der Waals surface area contributed by atoms with Gasteiger partial charge in [-0.15, -0.1) is 0 Å². The fourth-order valence-electron chi connectivity index (χ4n) is 2.15. The normalized spacial score (nSPS) is 14.4. The maximum atomic E-state index is 14.1. The van der Waals surface area contributed by atoms with Gasteiger partial charge in [-0.2, -0.15) is 0 Å². The number of nitrogens with one attached hydrogen (secondary N) is 1. The molecule has 0 aliphatic heterocycles. The van der Waals surface area contributed by atoms with Gasteiger partial charge in [-0.3, -0.25) is 9.10 Å². The Morgan fingerprint density at radius 2 is 1.83 bits per heavy atom.